The van der Waals surface area contributed by atoms with Gasteiger partial charge in [0, 0.05) is 0 Å². The number of para-hydroxylation sites is 1. The molecule has 0 saturated carbocycles. The highest BCUT2D eigenvalue weighted by Crippen LogP contribution is 2.26. The molecule has 88 valence electrons. The third-order valence-electron chi connectivity index (χ3n) is 2.17. The average molecular weight is 233 g/mol. The van der Waals surface area contributed by atoms with Gasteiger partial charge in [-0.15, -0.1) is 4.98 Å². The van der Waals surface area contributed by atoms with E-state index >= 15 is 0 Å². The van der Waals surface area contributed by atoms with Crippen molar-refractivity contribution in [2.75, 3.05) is 14.2 Å². The number of ether oxygens (including phenoxy) is 2. The summed E-state index contributed by atoms with van der Waals surface area (Å²) >= 11 is 0. The first-order valence-electron chi connectivity index (χ1n) is 4.90. The van der Waals surface area contributed by atoms with Crippen molar-refractivity contribution in [3.63, 3.8) is 0 Å². The maximum absolute atomic E-state index is 11.3. The Morgan fingerprint density at radius 3 is 2.59 bits per heavy atom. The second-order valence-electron chi connectivity index (χ2n) is 3.19. The highest BCUT2D eigenvalue weighted by atomic mass is 16.5. The number of hydrogen-bond acceptors (Lipinski definition) is 5. The third kappa shape index (κ3) is 2.25. The molecule has 0 saturated heterocycles. The first-order chi connectivity index (χ1) is 8.24. The van der Waals surface area contributed by atoms with Gasteiger partial charge in [0.1, 0.15) is 5.75 Å². The van der Waals surface area contributed by atoms with Gasteiger partial charge in [0.2, 0.25) is 0 Å². The lowest BCUT2D eigenvalue weighted by Gasteiger charge is -2.07. The van der Waals surface area contributed by atoms with Gasteiger partial charge < -0.3 is 9.47 Å². The number of benzene rings is 1. The molecular formula is C11H11N3O3. The van der Waals surface area contributed by atoms with Gasteiger partial charge in [0.15, 0.2) is 5.82 Å². The highest BCUT2D eigenvalue weighted by Gasteiger charge is 2.09. The van der Waals surface area contributed by atoms with Gasteiger partial charge >= 0.3 is 11.7 Å². The van der Waals surface area contributed by atoms with Gasteiger partial charge in [-0.2, -0.15) is 4.98 Å². The summed E-state index contributed by atoms with van der Waals surface area (Å²) in [6.45, 7) is 0. The molecule has 1 N–H and O–H groups in total. The minimum absolute atomic E-state index is 0.0228. The van der Waals surface area contributed by atoms with E-state index in [9.17, 15) is 4.79 Å². The molecule has 0 amide bonds. The van der Waals surface area contributed by atoms with Gasteiger partial charge in [0.25, 0.3) is 0 Å². The van der Waals surface area contributed by atoms with Crippen LogP contribution in [-0.4, -0.2) is 29.2 Å². The summed E-state index contributed by atoms with van der Waals surface area (Å²) in [7, 11) is 2.95. The van der Waals surface area contributed by atoms with Gasteiger partial charge in [-0.3, -0.25) is 4.98 Å². The van der Waals surface area contributed by atoms with Crippen LogP contribution in [0, 0.1) is 0 Å². The number of H-pyrrole nitrogens is 1. The molecule has 1 heterocycles. The van der Waals surface area contributed by atoms with E-state index in [1.165, 1.54) is 7.11 Å². The quantitative estimate of drug-likeness (QED) is 0.850. The van der Waals surface area contributed by atoms with Crippen molar-refractivity contribution in [1.82, 2.24) is 15.0 Å². The van der Waals surface area contributed by atoms with Crippen LogP contribution in [0.5, 0.6) is 11.8 Å². The van der Waals surface area contributed by atoms with Crippen molar-refractivity contribution in [3.8, 4) is 23.1 Å². The Labute approximate surface area is 97.3 Å². The van der Waals surface area contributed by atoms with E-state index in [1.54, 1.807) is 19.2 Å². The summed E-state index contributed by atoms with van der Waals surface area (Å²) in [5.74, 6) is 0.975. The van der Waals surface area contributed by atoms with E-state index < -0.39 is 5.69 Å². The average Bonchev–Trinajstić information content (AvgIpc) is 2.37. The molecule has 0 fully saturated rings. The molecule has 0 aliphatic carbocycles. The van der Waals surface area contributed by atoms with Crippen molar-refractivity contribution in [2.24, 2.45) is 0 Å². The minimum atomic E-state index is -0.516. The van der Waals surface area contributed by atoms with Crippen LogP contribution in [0.3, 0.4) is 0 Å². The van der Waals surface area contributed by atoms with Crippen molar-refractivity contribution < 1.29 is 9.47 Å². The standard InChI is InChI=1S/C11H11N3O3/c1-16-8-6-4-3-5-7(8)9-12-10(15)14-11(13-9)17-2/h3-6H,1-2H3,(H,12,13,14,15). The van der Waals surface area contributed by atoms with E-state index in [0.717, 1.165) is 0 Å². The lowest BCUT2D eigenvalue weighted by Crippen LogP contribution is -2.14. The smallest absolute Gasteiger partial charge is 0.351 e. The van der Waals surface area contributed by atoms with Crippen LogP contribution in [0.2, 0.25) is 0 Å². The fourth-order valence-electron chi connectivity index (χ4n) is 1.42. The van der Waals surface area contributed by atoms with E-state index in [-0.39, 0.29) is 6.01 Å². The van der Waals surface area contributed by atoms with Gasteiger partial charge in [-0.25, -0.2) is 4.79 Å². The lowest BCUT2D eigenvalue weighted by molar-refractivity contribution is 0.376. The number of nitrogens with one attached hydrogen (secondary N) is 1. The number of aromatic nitrogens is 3. The molecule has 17 heavy (non-hydrogen) atoms. The van der Waals surface area contributed by atoms with E-state index in [1.807, 2.05) is 12.1 Å². The van der Waals surface area contributed by atoms with Crippen LogP contribution in [0.25, 0.3) is 11.4 Å². The predicted octanol–water partition coefficient (Wildman–Crippen LogP) is 0.849. The fourth-order valence-corrected chi connectivity index (χ4v) is 1.42. The molecule has 2 aromatic rings. The van der Waals surface area contributed by atoms with E-state index in [4.69, 9.17) is 9.47 Å². The van der Waals surface area contributed by atoms with Gasteiger partial charge in [0.05, 0.1) is 19.8 Å². The van der Waals surface area contributed by atoms with Crippen molar-refractivity contribution >= 4 is 0 Å². The van der Waals surface area contributed by atoms with Crippen molar-refractivity contribution in [2.45, 2.75) is 0 Å². The van der Waals surface area contributed by atoms with Crippen molar-refractivity contribution in [1.29, 1.82) is 0 Å². The van der Waals surface area contributed by atoms with Gasteiger partial charge in [-0.1, -0.05) is 12.1 Å². The second kappa shape index (κ2) is 4.65. The summed E-state index contributed by atoms with van der Waals surface area (Å²) in [6.07, 6.45) is 0. The Bertz CT molecular complexity index is 580. The molecule has 6 nitrogen and oxygen atoms in total. The van der Waals surface area contributed by atoms with E-state index in [0.29, 0.717) is 17.1 Å². The number of rotatable bonds is 3. The summed E-state index contributed by atoms with van der Waals surface area (Å²) in [5.41, 5.74) is 0.158. The van der Waals surface area contributed by atoms with Crippen LogP contribution in [-0.2, 0) is 0 Å². The predicted molar refractivity (Wildman–Crippen MR) is 61.2 cm³/mol. The van der Waals surface area contributed by atoms with Crippen LogP contribution in [0.1, 0.15) is 0 Å². The monoisotopic (exact) mass is 233 g/mol. The Morgan fingerprint density at radius 1 is 1.12 bits per heavy atom. The molecule has 0 aliphatic heterocycles. The van der Waals surface area contributed by atoms with Gasteiger partial charge in [-0.05, 0) is 12.1 Å². The summed E-state index contributed by atoms with van der Waals surface area (Å²) in [5, 5.41) is 0. The maximum atomic E-state index is 11.3. The van der Waals surface area contributed by atoms with Crippen LogP contribution in [0.15, 0.2) is 29.1 Å². The van der Waals surface area contributed by atoms with Crippen molar-refractivity contribution in [3.05, 3.63) is 34.7 Å². The molecule has 1 aromatic carbocycles. The molecule has 2 rings (SSSR count). The van der Waals surface area contributed by atoms with E-state index in [2.05, 4.69) is 15.0 Å². The second-order valence-corrected chi connectivity index (χ2v) is 3.19. The largest absolute Gasteiger partial charge is 0.496 e. The third-order valence-corrected chi connectivity index (χ3v) is 2.17. The van der Waals surface area contributed by atoms with Crippen LogP contribution in [0.4, 0.5) is 0 Å². The molecule has 0 aliphatic rings. The summed E-state index contributed by atoms with van der Waals surface area (Å²) in [6, 6.07) is 7.25. The number of nitrogens with zero attached hydrogens (tertiary/aromatic N) is 2. The number of methoxy groups -OCH3 is 2. The Morgan fingerprint density at radius 2 is 1.88 bits per heavy atom. The first kappa shape index (κ1) is 11.1. The molecule has 0 spiro atoms. The number of aromatic amines is 1. The minimum Gasteiger partial charge on any atom is -0.496 e. The summed E-state index contributed by atoms with van der Waals surface area (Å²) < 4.78 is 10.0. The normalized spacial score (nSPS) is 10.0. The zero-order valence-corrected chi connectivity index (χ0v) is 9.43. The Kier molecular flexibility index (Phi) is 3.04. The Hall–Kier alpha value is -2.37. The lowest BCUT2D eigenvalue weighted by atomic mass is 10.2. The highest BCUT2D eigenvalue weighted by molar-refractivity contribution is 5.63. The molecule has 0 unspecified atom stereocenters. The van der Waals surface area contributed by atoms with Crippen LogP contribution >= 0.6 is 0 Å². The Balaban J connectivity index is 2.59. The molecule has 0 bridgehead atoms. The first-order valence-corrected chi connectivity index (χ1v) is 4.90. The molecule has 1 aromatic heterocycles. The van der Waals surface area contributed by atoms with Crippen LogP contribution < -0.4 is 15.2 Å². The zero-order chi connectivity index (χ0) is 12.3. The molecule has 0 atom stereocenters. The summed E-state index contributed by atoms with van der Waals surface area (Å²) in [4.78, 5) is 21.5. The zero-order valence-electron chi connectivity index (χ0n) is 9.43. The SMILES string of the molecule is COc1nc(-c2ccccc2OC)[nH]c(=O)n1. The topological polar surface area (TPSA) is 77.1 Å². The fraction of sp³-hybridized carbons (Fsp3) is 0.182. The molecule has 6 heteroatoms. The number of hydrogen-bond donors (Lipinski definition) is 1. The maximum Gasteiger partial charge on any atom is 0.351 e. The molecule has 0 radical (unpaired) electrons. The molecular weight excluding hydrogens is 222 g/mol.